The highest BCUT2D eigenvalue weighted by Gasteiger charge is 2.10. The summed E-state index contributed by atoms with van der Waals surface area (Å²) in [6.07, 6.45) is 0. The summed E-state index contributed by atoms with van der Waals surface area (Å²) in [4.78, 5) is 11.9. The van der Waals surface area contributed by atoms with E-state index in [1.807, 2.05) is 31.2 Å². The summed E-state index contributed by atoms with van der Waals surface area (Å²) in [5.74, 6) is 0.723. The molecule has 0 aliphatic rings. The van der Waals surface area contributed by atoms with E-state index in [4.69, 9.17) is 11.6 Å². The van der Waals surface area contributed by atoms with Crippen LogP contribution in [0.5, 0.6) is 0 Å². The van der Waals surface area contributed by atoms with Crippen LogP contribution >= 0.6 is 23.4 Å². The highest BCUT2D eigenvalue weighted by atomic mass is 35.5. The van der Waals surface area contributed by atoms with Crippen molar-refractivity contribution in [2.45, 2.75) is 18.7 Å². The van der Waals surface area contributed by atoms with Crippen molar-refractivity contribution in [1.29, 1.82) is 0 Å². The maximum Gasteiger partial charge on any atom is 0.230 e. The van der Waals surface area contributed by atoms with Crippen LogP contribution < -0.4 is 5.32 Å². The summed E-state index contributed by atoms with van der Waals surface area (Å²) in [6.45, 7) is 1.88. The summed E-state index contributed by atoms with van der Waals surface area (Å²) in [5.41, 5.74) is 1.90. The van der Waals surface area contributed by atoms with E-state index in [-0.39, 0.29) is 17.8 Å². The molecule has 0 radical (unpaired) electrons. The van der Waals surface area contributed by atoms with Crippen LogP contribution in [-0.4, -0.2) is 11.7 Å². The fourth-order valence-electron chi connectivity index (χ4n) is 1.99. The second kappa shape index (κ2) is 8.20. The van der Waals surface area contributed by atoms with Crippen LogP contribution in [0, 0.1) is 5.82 Å². The van der Waals surface area contributed by atoms with Gasteiger partial charge in [0, 0.05) is 10.8 Å². The van der Waals surface area contributed by atoms with Crippen molar-refractivity contribution < 1.29 is 9.18 Å². The van der Waals surface area contributed by atoms with E-state index in [0.717, 1.165) is 16.1 Å². The summed E-state index contributed by atoms with van der Waals surface area (Å²) in [5, 5.41) is 3.62. The Morgan fingerprint density at radius 1 is 1.23 bits per heavy atom. The predicted octanol–water partition coefficient (Wildman–Crippen LogP) is 4.59. The molecule has 0 aliphatic heterocycles. The molecule has 2 aromatic rings. The first-order valence-corrected chi connectivity index (χ1v) is 8.45. The zero-order valence-corrected chi connectivity index (χ0v) is 13.8. The van der Waals surface area contributed by atoms with Crippen molar-refractivity contribution in [3.05, 3.63) is 70.5 Å². The van der Waals surface area contributed by atoms with E-state index >= 15 is 0 Å². The molecule has 0 unspecified atom stereocenters. The number of nitrogens with one attached hydrogen (secondary N) is 1. The Hall–Kier alpha value is -1.52. The number of amides is 1. The lowest BCUT2D eigenvalue weighted by Gasteiger charge is -2.14. The van der Waals surface area contributed by atoms with Gasteiger partial charge in [0.2, 0.25) is 5.91 Å². The van der Waals surface area contributed by atoms with Crippen molar-refractivity contribution in [1.82, 2.24) is 5.32 Å². The third kappa shape index (κ3) is 5.04. The van der Waals surface area contributed by atoms with Crippen molar-refractivity contribution >= 4 is 29.3 Å². The standard InChI is InChI=1S/C17H17ClFNOS/c1-12(13-6-8-15(19)9-7-13)20-17(21)11-22-10-14-4-2-3-5-16(14)18/h2-9,12H,10-11H2,1H3,(H,20,21)/t12-/m1/s1. The molecule has 0 heterocycles. The smallest absolute Gasteiger partial charge is 0.230 e. The van der Waals surface area contributed by atoms with Gasteiger partial charge in [-0.25, -0.2) is 4.39 Å². The summed E-state index contributed by atoms with van der Waals surface area (Å²) in [7, 11) is 0. The van der Waals surface area contributed by atoms with Crippen LogP contribution in [0.3, 0.4) is 0 Å². The van der Waals surface area contributed by atoms with Crippen LogP contribution in [0.1, 0.15) is 24.1 Å². The summed E-state index contributed by atoms with van der Waals surface area (Å²) in [6, 6.07) is 13.6. The minimum absolute atomic E-state index is 0.0473. The number of hydrogen-bond donors (Lipinski definition) is 1. The third-order valence-corrected chi connectivity index (χ3v) is 4.55. The molecule has 5 heteroatoms. The molecule has 2 nitrogen and oxygen atoms in total. The molecule has 0 aliphatic carbocycles. The number of thioether (sulfide) groups is 1. The second-order valence-corrected chi connectivity index (χ2v) is 6.32. The molecule has 0 saturated carbocycles. The Morgan fingerprint density at radius 2 is 1.91 bits per heavy atom. The highest BCUT2D eigenvalue weighted by molar-refractivity contribution is 7.99. The largest absolute Gasteiger partial charge is 0.349 e. The third-order valence-electron chi connectivity index (χ3n) is 3.20. The summed E-state index contributed by atoms with van der Waals surface area (Å²) >= 11 is 7.58. The summed E-state index contributed by atoms with van der Waals surface area (Å²) < 4.78 is 12.9. The molecule has 0 fully saturated rings. The van der Waals surface area contributed by atoms with E-state index in [0.29, 0.717) is 11.5 Å². The number of hydrogen-bond acceptors (Lipinski definition) is 2. The van der Waals surface area contributed by atoms with Crippen LogP contribution in [-0.2, 0) is 10.5 Å². The maximum atomic E-state index is 12.9. The van der Waals surface area contributed by atoms with Gasteiger partial charge < -0.3 is 5.32 Å². The lowest BCUT2D eigenvalue weighted by Crippen LogP contribution is -2.28. The lowest BCUT2D eigenvalue weighted by molar-refractivity contribution is -0.119. The predicted molar refractivity (Wildman–Crippen MR) is 90.6 cm³/mol. The van der Waals surface area contributed by atoms with Gasteiger partial charge in [-0.15, -0.1) is 11.8 Å². The first kappa shape index (κ1) is 16.8. The normalized spacial score (nSPS) is 12.0. The molecule has 0 bridgehead atoms. The fourth-order valence-corrected chi connectivity index (χ4v) is 3.11. The Morgan fingerprint density at radius 3 is 2.59 bits per heavy atom. The minimum Gasteiger partial charge on any atom is -0.349 e. The van der Waals surface area contributed by atoms with Gasteiger partial charge >= 0.3 is 0 Å². The minimum atomic E-state index is -0.280. The topological polar surface area (TPSA) is 29.1 Å². The van der Waals surface area contributed by atoms with E-state index in [1.54, 1.807) is 12.1 Å². The van der Waals surface area contributed by atoms with E-state index in [2.05, 4.69) is 5.32 Å². The number of carbonyl (C=O) groups excluding carboxylic acids is 1. The van der Waals surface area contributed by atoms with Gasteiger partial charge in [0.15, 0.2) is 0 Å². The Balaban J connectivity index is 1.78. The Kier molecular flexibility index (Phi) is 6.28. The molecule has 2 aromatic carbocycles. The number of benzene rings is 2. The molecule has 0 saturated heterocycles. The van der Waals surface area contributed by atoms with Crippen molar-refractivity contribution in [3.8, 4) is 0 Å². The first-order chi connectivity index (χ1) is 10.6. The Bertz CT molecular complexity index is 633. The molecule has 0 spiro atoms. The van der Waals surface area contributed by atoms with Crippen molar-refractivity contribution in [2.75, 3.05) is 5.75 Å². The van der Waals surface area contributed by atoms with Gasteiger partial charge in [0.05, 0.1) is 11.8 Å². The van der Waals surface area contributed by atoms with E-state index in [9.17, 15) is 9.18 Å². The zero-order chi connectivity index (χ0) is 15.9. The molecule has 22 heavy (non-hydrogen) atoms. The molecule has 1 amide bonds. The van der Waals surface area contributed by atoms with Gasteiger partial charge in [0.1, 0.15) is 5.82 Å². The average Bonchev–Trinajstić information content (AvgIpc) is 2.50. The van der Waals surface area contributed by atoms with E-state index < -0.39 is 0 Å². The van der Waals surface area contributed by atoms with Gasteiger partial charge in [-0.3, -0.25) is 4.79 Å². The molecule has 0 aromatic heterocycles. The fraction of sp³-hybridized carbons (Fsp3) is 0.235. The lowest BCUT2D eigenvalue weighted by atomic mass is 10.1. The molecular formula is C17H17ClFNOS. The number of halogens is 2. The van der Waals surface area contributed by atoms with Crippen molar-refractivity contribution in [3.63, 3.8) is 0 Å². The van der Waals surface area contributed by atoms with Crippen LogP contribution in [0.4, 0.5) is 4.39 Å². The monoisotopic (exact) mass is 337 g/mol. The SMILES string of the molecule is C[C@@H](NC(=O)CSCc1ccccc1Cl)c1ccc(F)cc1. The molecule has 1 N–H and O–H groups in total. The van der Waals surface area contributed by atoms with Crippen molar-refractivity contribution in [2.24, 2.45) is 0 Å². The zero-order valence-electron chi connectivity index (χ0n) is 12.2. The number of rotatable bonds is 6. The van der Waals surface area contributed by atoms with Gasteiger partial charge in [-0.1, -0.05) is 41.9 Å². The quantitative estimate of drug-likeness (QED) is 0.835. The molecule has 2 rings (SSSR count). The highest BCUT2D eigenvalue weighted by Crippen LogP contribution is 2.21. The molecule has 1 atom stereocenters. The maximum absolute atomic E-state index is 12.9. The van der Waals surface area contributed by atoms with Crippen LogP contribution in [0.25, 0.3) is 0 Å². The van der Waals surface area contributed by atoms with E-state index in [1.165, 1.54) is 23.9 Å². The van der Waals surface area contributed by atoms with Gasteiger partial charge in [-0.05, 0) is 36.2 Å². The molecular weight excluding hydrogens is 321 g/mol. The average molecular weight is 338 g/mol. The van der Waals surface area contributed by atoms with Gasteiger partial charge in [0.25, 0.3) is 0 Å². The number of carbonyl (C=O) groups is 1. The van der Waals surface area contributed by atoms with Crippen LogP contribution in [0.15, 0.2) is 48.5 Å². The van der Waals surface area contributed by atoms with Crippen LogP contribution in [0.2, 0.25) is 5.02 Å². The Labute approximate surface area is 139 Å². The second-order valence-electron chi connectivity index (χ2n) is 4.92. The molecule has 116 valence electrons. The van der Waals surface area contributed by atoms with Gasteiger partial charge in [-0.2, -0.15) is 0 Å². The first-order valence-electron chi connectivity index (χ1n) is 6.92.